The average molecular weight is 487 g/mol. The fraction of sp³-hybridized carbons (Fsp3) is 0.320. The van der Waals surface area contributed by atoms with Crippen LogP contribution in [0.4, 0.5) is 5.69 Å². The summed E-state index contributed by atoms with van der Waals surface area (Å²) in [5.41, 5.74) is -0.496. The van der Waals surface area contributed by atoms with Crippen LogP contribution in [0.15, 0.2) is 66.0 Å². The number of carbonyl (C=O) groups is 1. The van der Waals surface area contributed by atoms with Crippen molar-refractivity contribution < 1.29 is 19.4 Å². The van der Waals surface area contributed by atoms with E-state index in [0.717, 1.165) is 25.3 Å². The Morgan fingerprint density at radius 2 is 2.00 bits per heavy atom. The zero-order valence-electron chi connectivity index (χ0n) is 18.4. The minimum atomic E-state index is -1.07. The van der Waals surface area contributed by atoms with Crippen LogP contribution in [0, 0.1) is 0 Å². The Morgan fingerprint density at radius 3 is 2.76 bits per heavy atom. The van der Waals surface area contributed by atoms with Crippen LogP contribution in [0.3, 0.4) is 0 Å². The number of anilines is 1. The number of nitrogens with zero attached hydrogens (tertiary/aromatic N) is 1. The van der Waals surface area contributed by atoms with Crippen molar-refractivity contribution in [2.24, 2.45) is 0 Å². The molecule has 3 aromatic rings. The maximum absolute atomic E-state index is 12.4. The molecule has 8 heteroatoms. The van der Waals surface area contributed by atoms with Gasteiger partial charge in [0.15, 0.2) is 0 Å². The lowest BCUT2D eigenvalue weighted by molar-refractivity contribution is -0.0141. The van der Waals surface area contributed by atoms with Crippen molar-refractivity contribution in [2.45, 2.75) is 25.0 Å². The van der Waals surface area contributed by atoms with Gasteiger partial charge in [-0.15, -0.1) is 11.3 Å². The average Bonchev–Trinajstić information content (AvgIpc) is 3.47. The summed E-state index contributed by atoms with van der Waals surface area (Å²) in [6.07, 6.45) is 0.952. The molecule has 6 nitrogen and oxygen atoms in total. The highest BCUT2D eigenvalue weighted by atomic mass is 35.5. The summed E-state index contributed by atoms with van der Waals surface area (Å²) in [5.74, 6) is 1.13. The SMILES string of the molecule is CC(O)(COc1ccccc1NC(=O)c1cccs1)CN1CCC(Oc2ccc(Cl)cc2)C1. The van der Waals surface area contributed by atoms with Crippen molar-refractivity contribution in [3.05, 3.63) is 75.9 Å². The summed E-state index contributed by atoms with van der Waals surface area (Å²) >= 11 is 7.31. The Labute approximate surface area is 202 Å². The number of aliphatic hydroxyl groups is 1. The molecule has 1 aliphatic rings. The fourth-order valence-corrected chi connectivity index (χ4v) is 4.54. The van der Waals surface area contributed by atoms with Gasteiger partial charge in [0.05, 0.1) is 10.6 Å². The first-order chi connectivity index (χ1) is 15.9. The smallest absolute Gasteiger partial charge is 0.265 e. The number of ether oxygens (including phenoxy) is 2. The molecule has 4 rings (SSSR count). The third-order valence-corrected chi connectivity index (χ3v) is 6.45. The topological polar surface area (TPSA) is 71.0 Å². The number of para-hydroxylation sites is 2. The highest BCUT2D eigenvalue weighted by Crippen LogP contribution is 2.27. The Hall–Kier alpha value is -2.58. The van der Waals surface area contributed by atoms with Gasteiger partial charge in [-0.05, 0) is 61.2 Å². The molecule has 0 radical (unpaired) electrons. The largest absolute Gasteiger partial charge is 0.489 e. The van der Waals surface area contributed by atoms with Gasteiger partial charge >= 0.3 is 0 Å². The molecule has 2 aromatic carbocycles. The van der Waals surface area contributed by atoms with Crippen molar-refractivity contribution in [3.63, 3.8) is 0 Å². The highest BCUT2D eigenvalue weighted by molar-refractivity contribution is 7.12. The monoisotopic (exact) mass is 486 g/mol. The van der Waals surface area contributed by atoms with E-state index in [2.05, 4.69) is 10.2 Å². The molecule has 1 amide bonds. The number of hydrogen-bond donors (Lipinski definition) is 2. The third kappa shape index (κ3) is 6.71. The first kappa shape index (κ1) is 23.6. The molecule has 33 heavy (non-hydrogen) atoms. The molecule has 2 atom stereocenters. The van der Waals surface area contributed by atoms with E-state index >= 15 is 0 Å². The van der Waals surface area contributed by atoms with E-state index in [4.69, 9.17) is 21.1 Å². The zero-order chi connectivity index (χ0) is 23.3. The van der Waals surface area contributed by atoms with Gasteiger partial charge in [-0.3, -0.25) is 9.69 Å². The van der Waals surface area contributed by atoms with E-state index in [-0.39, 0.29) is 18.6 Å². The molecule has 1 fully saturated rings. The summed E-state index contributed by atoms with van der Waals surface area (Å²) in [7, 11) is 0. The van der Waals surface area contributed by atoms with Crippen LogP contribution < -0.4 is 14.8 Å². The van der Waals surface area contributed by atoms with Crippen molar-refractivity contribution >= 4 is 34.5 Å². The van der Waals surface area contributed by atoms with Crippen LogP contribution >= 0.6 is 22.9 Å². The van der Waals surface area contributed by atoms with Crippen molar-refractivity contribution in [1.82, 2.24) is 4.90 Å². The highest BCUT2D eigenvalue weighted by Gasteiger charge is 2.31. The fourth-order valence-electron chi connectivity index (χ4n) is 3.79. The summed E-state index contributed by atoms with van der Waals surface area (Å²) in [5, 5.41) is 16.4. The van der Waals surface area contributed by atoms with Crippen molar-refractivity contribution in [2.75, 3.05) is 31.6 Å². The predicted octanol–water partition coefficient (Wildman–Crippen LogP) is 4.94. The molecule has 2 unspecified atom stereocenters. The molecule has 2 N–H and O–H groups in total. The van der Waals surface area contributed by atoms with Crippen LogP contribution in [0.25, 0.3) is 0 Å². The molecule has 2 heterocycles. The summed E-state index contributed by atoms with van der Waals surface area (Å²) in [4.78, 5) is 15.2. The lowest BCUT2D eigenvalue weighted by Crippen LogP contribution is -2.44. The Balaban J connectivity index is 1.29. The minimum absolute atomic E-state index is 0.0658. The van der Waals surface area contributed by atoms with Crippen LogP contribution in [0.5, 0.6) is 11.5 Å². The molecule has 174 valence electrons. The number of amides is 1. The number of nitrogens with one attached hydrogen (secondary N) is 1. The van der Waals surface area contributed by atoms with E-state index in [1.54, 1.807) is 25.1 Å². The molecule has 0 bridgehead atoms. The molecule has 0 saturated carbocycles. The van der Waals surface area contributed by atoms with E-state index in [0.29, 0.717) is 27.9 Å². The second-order valence-electron chi connectivity index (χ2n) is 8.43. The van der Waals surface area contributed by atoms with Crippen LogP contribution in [-0.2, 0) is 0 Å². The Bertz CT molecular complexity index is 1060. The number of thiophene rings is 1. The maximum atomic E-state index is 12.4. The molecular weight excluding hydrogens is 460 g/mol. The standard InChI is InChI=1S/C25H27ClN2O4S/c1-25(30,16-28-13-12-20(15-28)32-19-10-8-18(26)9-11-19)17-31-22-6-3-2-5-21(22)27-24(29)23-7-4-14-33-23/h2-11,14,20,30H,12-13,15-17H2,1H3,(H,27,29). The molecule has 1 saturated heterocycles. The molecule has 0 spiro atoms. The first-order valence-corrected chi connectivity index (χ1v) is 12.1. The minimum Gasteiger partial charge on any atom is -0.489 e. The van der Waals surface area contributed by atoms with Crippen LogP contribution in [0.1, 0.15) is 23.0 Å². The second kappa shape index (κ2) is 10.6. The lowest BCUT2D eigenvalue weighted by Gasteiger charge is -2.29. The van der Waals surface area contributed by atoms with Crippen LogP contribution in [0.2, 0.25) is 5.02 Å². The van der Waals surface area contributed by atoms with Gasteiger partial charge in [-0.1, -0.05) is 29.8 Å². The molecular formula is C25H27ClN2O4S. The normalized spacial score (nSPS) is 18.0. The third-order valence-electron chi connectivity index (χ3n) is 5.33. The predicted molar refractivity (Wildman–Crippen MR) is 132 cm³/mol. The zero-order valence-corrected chi connectivity index (χ0v) is 19.9. The van der Waals surface area contributed by atoms with Crippen LogP contribution in [-0.4, -0.2) is 53.9 Å². The number of likely N-dealkylation sites (tertiary alicyclic amines) is 1. The van der Waals surface area contributed by atoms with Gasteiger partial charge in [0.1, 0.15) is 29.8 Å². The molecule has 1 aromatic heterocycles. The van der Waals surface area contributed by atoms with Gasteiger partial charge in [0.2, 0.25) is 0 Å². The summed E-state index contributed by atoms with van der Waals surface area (Å²) < 4.78 is 12.0. The van der Waals surface area contributed by atoms with Gasteiger partial charge in [0.25, 0.3) is 5.91 Å². The summed E-state index contributed by atoms with van der Waals surface area (Å²) in [6.45, 7) is 3.87. The van der Waals surface area contributed by atoms with Gasteiger partial charge in [0, 0.05) is 24.7 Å². The van der Waals surface area contributed by atoms with Crippen molar-refractivity contribution in [1.29, 1.82) is 0 Å². The van der Waals surface area contributed by atoms with E-state index in [1.165, 1.54) is 11.3 Å². The quantitative estimate of drug-likeness (QED) is 0.448. The van der Waals surface area contributed by atoms with Gasteiger partial charge in [-0.2, -0.15) is 0 Å². The van der Waals surface area contributed by atoms with E-state index in [9.17, 15) is 9.90 Å². The molecule has 1 aliphatic heterocycles. The second-order valence-corrected chi connectivity index (χ2v) is 9.81. The molecule has 0 aliphatic carbocycles. The lowest BCUT2D eigenvalue weighted by atomic mass is 10.1. The number of carbonyl (C=O) groups excluding carboxylic acids is 1. The Morgan fingerprint density at radius 1 is 1.21 bits per heavy atom. The maximum Gasteiger partial charge on any atom is 0.265 e. The van der Waals surface area contributed by atoms with E-state index < -0.39 is 5.60 Å². The number of rotatable bonds is 9. The van der Waals surface area contributed by atoms with Gasteiger partial charge < -0.3 is 19.9 Å². The number of hydrogen-bond acceptors (Lipinski definition) is 6. The van der Waals surface area contributed by atoms with Gasteiger partial charge in [-0.25, -0.2) is 0 Å². The Kier molecular flexibility index (Phi) is 7.55. The number of halogens is 1. The van der Waals surface area contributed by atoms with E-state index in [1.807, 2.05) is 47.8 Å². The number of β-amino-alcohol motifs (C(OH)–C–C–N with tert-alkyl or cyclic N) is 1. The number of benzene rings is 2. The first-order valence-electron chi connectivity index (χ1n) is 10.8. The van der Waals surface area contributed by atoms with Crippen molar-refractivity contribution in [3.8, 4) is 11.5 Å². The summed E-state index contributed by atoms with van der Waals surface area (Å²) in [6, 6.07) is 18.2.